The van der Waals surface area contributed by atoms with Gasteiger partial charge in [0, 0.05) is 77.4 Å². The summed E-state index contributed by atoms with van der Waals surface area (Å²) in [6.07, 6.45) is 0. The topological polar surface area (TPSA) is 49.3 Å². The van der Waals surface area contributed by atoms with Crippen LogP contribution in [-0.4, -0.2) is 9.13 Å². The Labute approximate surface area is 335 Å². The van der Waals surface area contributed by atoms with E-state index < -0.39 is 0 Å². The van der Waals surface area contributed by atoms with Gasteiger partial charge in [0.05, 0.1) is 22.1 Å². The van der Waals surface area contributed by atoms with Crippen molar-refractivity contribution in [2.24, 2.45) is 0 Å². The quantitative estimate of drug-likeness (QED) is 0.180. The Balaban J connectivity index is 1.03. The maximum absolute atomic E-state index is 6.47. The van der Waals surface area contributed by atoms with Gasteiger partial charge in [-0.15, -0.1) is 0 Å². The molecule has 0 radical (unpaired) electrons. The largest absolute Gasteiger partial charge is 0.456 e. The monoisotopic (exact) mass is 754 g/mol. The van der Waals surface area contributed by atoms with Crippen molar-refractivity contribution in [1.82, 2.24) is 9.13 Å². The summed E-state index contributed by atoms with van der Waals surface area (Å²) < 4.78 is 23.9. The zero-order valence-electron chi connectivity index (χ0n) is 31.4. The predicted octanol–water partition coefficient (Wildman–Crippen LogP) is 15.2. The Bertz CT molecular complexity index is 4080. The second-order valence-electron chi connectivity index (χ2n) is 15.7. The number of benzene rings is 9. The van der Waals surface area contributed by atoms with E-state index in [0.29, 0.717) is 0 Å². The molecule has 0 amide bonds. The molecule has 0 spiro atoms. The van der Waals surface area contributed by atoms with Gasteiger partial charge >= 0.3 is 0 Å². The molecule has 5 heteroatoms. The van der Waals surface area contributed by atoms with Crippen LogP contribution in [-0.2, 0) is 0 Å². The second-order valence-corrected chi connectivity index (χ2v) is 15.7. The first-order chi connectivity index (χ1) is 29.2. The van der Waals surface area contributed by atoms with Crippen LogP contribution in [0.15, 0.2) is 195 Å². The molecular weight excluding hydrogens is 725 g/mol. The zero-order valence-corrected chi connectivity index (χ0v) is 31.4. The molecule has 0 aliphatic heterocycles. The van der Waals surface area contributed by atoms with Crippen molar-refractivity contribution in [3.05, 3.63) is 182 Å². The molecule has 14 aromatic rings. The van der Waals surface area contributed by atoms with Crippen LogP contribution in [0.4, 0.5) is 0 Å². The van der Waals surface area contributed by atoms with Crippen molar-refractivity contribution in [3.8, 4) is 22.5 Å². The zero-order chi connectivity index (χ0) is 38.3. The smallest absolute Gasteiger partial charge is 0.137 e. The molecule has 59 heavy (non-hydrogen) atoms. The van der Waals surface area contributed by atoms with Crippen molar-refractivity contribution in [3.63, 3.8) is 0 Å². The van der Waals surface area contributed by atoms with Gasteiger partial charge in [0.1, 0.15) is 33.5 Å². The molecule has 274 valence electrons. The van der Waals surface area contributed by atoms with E-state index in [1.807, 2.05) is 36.4 Å². The molecule has 0 saturated heterocycles. The fourth-order valence-corrected chi connectivity index (χ4v) is 9.82. The highest BCUT2D eigenvalue weighted by Crippen LogP contribution is 2.43. The summed E-state index contributed by atoms with van der Waals surface area (Å²) in [6.45, 7) is 0. The van der Waals surface area contributed by atoms with E-state index >= 15 is 0 Å². The summed E-state index contributed by atoms with van der Waals surface area (Å²) in [7, 11) is 0. The number of nitrogens with zero attached hydrogens (tertiary/aromatic N) is 2. The molecule has 5 heterocycles. The van der Waals surface area contributed by atoms with E-state index in [9.17, 15) is 0 Å². The number of para-hydroxylation sites is 4. The molecule has 0 bridgehead atoms. The third-order valence-corrected chi connectivity index (χ3v) is 12.5. The van der Waals surface area contributed by atoms with Crippen molar-refractivity contribution in [1.29, 1.82) is 0 Å². The number of aromatic nitrogens is 2. The Kier molecular flexibility index (Phi) is 5.96. The van der Waals surface area contributed by atoms with Crippen LogP contribution in [0.25, 0.3) is 132 Å². The lowest BCUT2D eigenvalue weighted by Gasteiger charge is -2.09. The van der Waals surface area contributed by atoms with Crippen molar-refractivity contribution >= 4 is 109 Å². The minimum absolute atomic E-state index is 0.873. The molecular formula is C54H30N2O3. The fourth-order valence-electron chi connectivity index (χ4n) is 9.82. The maximum Gasteiger partial charge on any atom is 0.137 e. The molecule has 0 saturated carbocycles. The molecule has 0 N–H and O–H groups in total. The summed E-state index contributed by atoms with van der Waals surface area (Å²) in [5.41, 5.74) is 14.3. The molecule has 0 unspecified atom stereocenters. The van der Waals surface area contributed by atoms with Crippen LogP contribution in [0.3, 0.4) is 0 Å². The first-order valence-electron chi connectivity index (χ1n) is 20.0. The van der Waals surface area contributed by atoms with Crippen LogP contribution < -0.4 is 0 Å². The molecule has 0 aliphatic rings. The Morgan fingerprint density at radius 1 is 0.237 bits per heavy atom. The number of rotatable bonds is 3. The van der Waals surface area contributed by atoms with E-state index in [0.717, 1.165) is 110 Å². The van der Waals surface area contributed by atoms with Crippen LogP contribution in [0, 0.1) is 0 Å². The number of furan rings is 3. The van der Waals surface area contributed by atoms with E-state index in [4.69, 9.17) is 13.3 Å². The summed E-state index contributed by atoms with van der Waals surface area (Å²) in [5.74, 6) is 0. The third-order valence-electron chi connectivity index (χ3n) is 12.5. The first-order valence-corrected chi connectivity index (χ1v) is 20.0. The van der Waals surface area contributed by atoms with Gasteiger partial charge in [-0.2, -0.15) is 0 Å². The Morgan fingerprint density at radius 2 is 0.661 bits per heavy atom. The number of fused-ring (bicyclic) bond motifs is 15. The molecule has 5 nitrogen and oxygen atoms in total. The Morgan fingerprint density at radius 3 is 1.20 bits per heavy atom. The normalized spacial score (nSPS) is 12.4. The van der Waals surface area contributed by atoms with Crippen molar-refractivity contribution in [2.45, 2.75) is 0 Å². The van der Waals surface area contributed by atoms with E-state index in [1.54, 1.807) is 0 Å². The minimum Gasteiger partial charge on any atom is -0.456 e. The molecule has 9 aromatic carbocycles. The van der Waals surface area contributed by atoms with E-state index in [1.165, 1.54) is 21.5 Å². The minimum atomic E-state index is 0.873. The molecule has 14 rings (SSSR count). The lowest BCUT2D eigenvalue weighted by molar-refractivity contribution is 0.668. The fraction of sp³-hybridized carbons (Fsp3) is 0. The summed E-state index contributed by atoms with van der Waals surface area (Å²) in [6, 6.07) is 64.9. The summed E-state index contributed by atoms with van der Waals surface area (Å²) in [4.78, 5) is 0. The maximum atomic E-state index is 6.47. The summed E-state index contributed by atoms with van der Waals surface area (Å²) >= 11 is 0. The lowest BCUT2D eigenvalue weighted by Crippen LogP contribution is -1.93. The average molecular weight is 755 g/mol. The van der Waals surface area contributed by atoms with Gasteiger partial charge < -0.3 is 22.4 Å². The molecule has 0 fully saturated rings. The van der Waals surface area contributed by atoms with Gasteiger partial charge in [-0.3, -0.25) is 0 Å². The number of hydrogen-bond donors (Lipinski definition) is 0. The standard InChI is InChI=1S/C54H30N2O3/c1-2-10-33(11-3-1)55-45-21-18-31(24-38(45)40-27-43-36-13-5-8-16-50(36)58-53(43)29-47(40)55)32-19-22-46-39(25-32)41-28-44-37-14-6-9-17-51(37)59-54(44)30-48(41)56(46)34-20-23-52-42(26-34)35-12-4-7-15-49(35)57-52/h1-30H. The van der Waals surface area contributed by atoms with Gasteiger partial charge in [-0.1, -0.05) is 84.9 Å². The average Bonchev–Trinajstić information content (AvgIpc) is 4.09. The third kappa shape index (κ3) is 4.28. The second kappa shape index (κ2) is 11.3. The van der Waals surface area contributed by atoms with Crippen molar-refractivity contribution < 1.29 is 13.3 Å². The number of hydrogen-bond acceptors (Lipinski definition) is 3. The van der Waals surface area contributed by atoms with Gasteiger partial charge in [-0.25, -0.2) is 0 Å². The molecule has 5 aromatic heterocycles. The van der Waals surface area contributed by atoms with Crippen LogP contribution >= 0.6 is 0 Å². The van der Waals surface area contributed by atoms with Gasteiger partial charge in [0.2, 0.25) is 0 Å². The van der Waals surface area contributed by atoms with Gasteiger partial charge in [0.25, 0.3) is 0 Å². The van der Waals surface area contributed by atoms with E-state index in [2.05, 4.69) is 155 Å². The van der Waals surface area contributed by atoms with Crippen LogP contribution in [0.2, 0.25) is 0 Å². The molecule has 0 aliphatic carbocycles. The highest BCUT2D eigenvalue weighted by atomic mass is 16.3. The van der Waals surface area contributed by atoms with Crippen LogP contribution in [0.1, 0.15) is 0 Å². The van der Waals surface area contributed by atoms with Crippen molar-refractivity contribution in [2.75, 3.05) is 0 Å². The van der Waals surface area contributed by atoms with E-state index in [-0.39, 0.29) is 0 Å². The SMILES string of the molecule is c1ccc(-n2c3ccc(-c4ccc5c(c4)c4cc6c(cc4n5-c4ccc5oc7ccccc7c5c4)oc4ccccc46)cc3c3cc4c(cc32)oc2ccccc24)cc1. The predicted molar refractivity (Wildman–Crippen MR) is 242 cm³/mol. The molecule has 0 atom stereocenters. The lowest BCUT2D eigenvalue weighted by atomic mass is 10.00. The Hall–Kier alpha value is -8.02. The van der Waals surface area contributed by atoms with Gasteiger partial charge in [-0.05, 0) is 96.1 Å². The highest BCUT2D eigenvalue weighted by Gasteiger charge is 2.20. The van der Waals surface area contributed by atoms with Gasteiger partial charge in [0.15, 0.2) is 0 Å². The summed E-state index contributed by atoms with van der Waals surface area (Å²) in [5, 5.41) is 11.4. The first kappa shape index (κ1) is 31.1. The van der Waals surface area contributed by atoms with Crippen LogP contribution in [0.5, 0.6) is 0 Å². The highest BCUT2D eigenvalue weighted by molar-refractivity contribution is 6.20.